The lowest BCUT2D eigenvalue weighted by atomic mass is 10.1. The zero-order valence-corrected chi connectivity index (χ0v) is 22.0. The van der Waals surface area contributed by atoms with Crippen molar-refractivity contribution in [3.63, 3.8) is 0 Å². The fourth-order valence-corrected chi connectivity index (χ4v) is 4.90. The van der Waals surface area contributed by atoms with Crippen molar-refractivity contribution in [3.8, 4) is 0 Å². The maximum atomic E-state index is 13.6. The van der Waals surface area contributed by atoms with E-state index in [1.54, 1.807) is 25.1 Å². The van der Waals surface area contributed by atoms with Crippen molar-refractivity contribution in [2.24, 2.45) is 0 Å². The number of hydrogen-bond donors (Lipinski definition) is 1. The van der Waals surface area contributed by atoms with E-state index >= 15 is 0 Å². The second-order valence-electron chi connectivity index (χ2n) is 8.61. The molecule has 0 aliphatic carbocycles. The molecule has 0 bridgehead atoms. The first kappa shape index (κ1) is 27.7. The molecular formula is C25H34ClN3O4S. The van der Waals surface area contributed by atoms with Crippen LogP contribution in [-0.4, -0.2) is 56.6 Å². The number of amides is 2. The van der Waals surface area contributed by atoms with Gasteiger partial charge in [0.2, 0.25) is 21.8 Å². The first-order valence-corrected chi connectivity index (χ1v) is 13.5. The van der Waals surface area contributed by atoms with Crippen molar-refractivity contribution in [3.05, 3.63) is 64.7 Å². The summed E-state index contributed by atoms with van der Waals surface area (Å²) in [6.45, 7) is 7.16. The third kappa shape index (κ3) is 7.74. The monoisotopic (exact) mass is 507 g/mol. The van der Waals surface area contributed by atoms with Crippen LogP contribution in [0.3, 0.4) is 0 Å². The maximum absolute atomic E-state index is 13.6. The summed E-state index contributed by atoms with van der Waals surface area (Å²) in [5.74, 6) is -0.700. The third-order valence-electron chi connectivity index (χ3n) is 5.41. The summed E-state index contributed by atoms with van der Waals surface area (Å²) >= 11 is 6.04. The minimum Gasteiger partial charge on any atom is -0.352 e. The molecule has 2 amide bonds. The lowest BCUT2D eigenvalue weighted by molar-refractivity contribution is -0.139. The van der Waals surface area contributed by atoms with Gasteiger partial charge in [-0.1, -0.05) is 48.9 Å². The normalized spacial score (nSPS) is 12.3. The summed E-state index contributed by atoms with van der Waals surface area (Å²) in [5, 5.41) is 3.35. The Hall–Kier alpha value is -2.58. The summed E-state index contributed by atoms with van der Waals surface area (Å²) < 4.78 is 26.4. The van der Waals surface area contributed by atoms with E-state index in [-0.39, 0.29) is 18.5 Å². The van der Waals surface area contributed by atoms with E-state index in [0.29, 0.717) is 29.1 Å². The molecule has 34 heavy (non-hydrogen) atoms. The number of anilines is 1. The summed E-state index contributed by atoms with van der Waals surface area (Å²) in [4.78, 5) is 28.0. The summed E-state index contributed by atoms with van der Waals surface area (Å²) in [5.41, 5.74) is 2.03. The highest BCUT2D eigenvalue weighted by atomic mass is 35.5. The quantitative estimate of drug-likeness (QED) is 0.501. The number of rotatable bonds is 11. The number of hydrogen-bond acceptors (Lipinski definition) is 4. The molecule has 0 radical (unpaired) electrons. The molecule has 2 aromatic rings. The standard InChI is InChI=1S/C25H34ClN3O4S/c1-6-22(25(31)27-18(2)3)28(15-14-20-10-8-7-9-11-20)24(30)17-29(34(5,32)33)23-13-12-21(26)16-19(23)4/h7-13,16,18,22H,6,14-15,17H2,1-5H3,(H,27,31). The van der Waals surface area contributed by atoms with E-state index in [1.807, 2.05) is 51.1 Å². The molecule has 0 aliphatic rings. The third-order valence-corrected chi connectivity index (χ3v) is 6.77. The molecule has 0 saturated heterocycles. The zero-order chi connectivity index (χ0) is 25.5. The van der Waals surface area contributed by atoms with Crippen LogP contribution in [0, 0.1) is 6.92 Å². The van der Waals surface area contributed by atoms with E-state index in [0.717, 1.165) is 16.1 Å². The SMILES string of the molecule is CCC(C(=O)NC(C)C)N(CCc1ccccc1)C(=O)CN(c1ccc(Cl)cc1C)S(C)(=O)=O. The van der Waals surface area contributed by atoms with Crippen LogP contribution in [0.25, 0.3) is 0 Å². The predicted octanol–water partition coefficient (Wildman–Crippen LogP) is 3.79. The van der Waals surface area contributed by atoms with Gasteiger partial charge in [0.15, 0.2) is 0 Å². The Morgan fingerprint density at radius 1 is 1.09 bits per heavy atom. The van der Waals surface area contributed by atoms with Crippen LogP contribution in [0.2, 0.25) is 5.02 Å². The van der Waals surface area contributed by atoms with Crippen molar-refractivity contribution in [2.75, 3.05) is 23.7 Å². The van der Waals surface area contributed by atoms with E-state index in [1.165, 1.54) is 4.90 Å². The average molecular weight is 508 g/mol. The first-order valence-electron chi connectivity index (χ1n) is 11.3. The van der Waals surface area contributed by atoms with Gasteiger partial charge >= 0.3 is 0 Å². The Morgan fingerprint density at radius 3 is 2.26 bits per heavy atom. The topological polar surface area (TPSA) is 86.8 Å². The van der Waals surface area contributed by atoms with Crippen LogP contribution in [0.15, 0.2) is 48.5 Å². The summed E-state index contributed by atoms with van der Waals surface area (Å²) in [7, 11) is -3.78. The number of nitrogens with zero attached hydrogens (tertiary/aromatic N) is 2. The van der Waals surface area contributed by atoms with Crippen molar-refractivity contribution in [2.45, 2.75) is 52.6 Å². The second kappa shape index (κ2) is 12.2. The Balaban J connectivity index is 2.39. The minimum atomic E-state index is -3.78. The van der Waals surface area contributed by atoms with Gasteiger partial charge in [-0.25, -0.2) is 8.42 Å². The summed E-state index contributed by atoms with van der Waals surface area (Å²) in [6, 6.07) is 13.7. The largest absolute Gasteiger partial charge is 0.352 e. The molecule has 1 N–H and O–H groups in total. The Morgan fingerprint density at radius 2 is 1.74 bits per heavy atom. The van der Waals surface area contributed by atoms with Crippen molar-refractivity contribution in [1.82, 2.24) is 10.2 Å². The number of nitrogens with one attached hydrogen (secondary N) is 1. The molecule has 2 aromatic carbocycles. The van der Waals surface area contributed by atoms with Crippen LogP contribution in [-0.2, 0) is 26.0 Å². The number of aryl methyl sites for hydroxylation is 1. The molecule has 0 aromatic heterocycles. The van der Waals surface area contributed by atoms with E-state index in [4.69, 9.17) is 11.6 Å². The van der Waals surface area contributed by atoms with Gasteiger partial charge in [-0.05, 0) is 62.9 Å². The number of halogens is 1. The second-order valence-corrected chi connectivity index (χ2v) is 11.0. The molecule has 0 saturated carbocycles. The van der Waals surface area contributed by atoms with Gasteiger partial charge in [0.1, 0.15) is 12.6 Å². The molecule has 2 rings (SSSR count). The molecule has 7 nitrogen and oxygen atoms in total. The highest BCUT2D eigenvalue weighted by molar-refractivity contribution is 7.92. The smallest absolute Gasteiger partial charge is 0.244 e. The van der Waals surface area contributed by atoms with E-state index in [2.05, 4.69) is 5.32 Å². The Labute approximate surface area is 208 Å². The van der Waals surface area contributed by atoms with Gasteiger partial charge in [-0.3, -0.25) is 13.9 Å². The highest BCUT2D eigenvalue weighted by Crippen LogP contribution is 2.26. The van der Waals surface area contributed by atoms with Crippen LogP contribution in [0.1, 0.15) is 38.3 Å². The molecule has 9 heteroatoms. The predicted molar refractivity (Wildman–Crippen MR) is 138 cm³/mol. The summed E-state index contributed by atoms with van der Waals surface area (Å²) in [6.07, 6.45) is 2.00. The average Bonchev–Trinajstić information content (AvgIpc) is 2.74. The van der Waals surface area contributed by atoms with Gasteiger partial charge in [0.25, 0.3) is 0 Å². The fourth-order valence-electron chi connectivity index (χ4n) is 3.77. The number of carbonyl (C=O) groups excluding carboxylic acids is 2. The minimum absolute atomic E-state index is 0.0862. The molecule has 1 unspecified atom stereocenters. The zero-order valence-electron chi connectivity index (χ0n) is 20.4. The van der Waals surface area contributed by atoms with Crippen molar-refractivity contribution in [1.29, 1.82) is 0 Å². The van der Waals surface area contributed by atoms with Gasteiger partial charge in [0, 0.05) is 17.6 Å². The van der Waals surface area contributed by atoms with Crippen LogP contribution < -0.4 is 9.62 Å². The number of benzene rings is 2. The van der Waals surface area contributed by atoms with Gasteiger partial charge in [0.05, 0.1) is 11.9 Å². The lowest BCUT2D eigenvalue weighted by Crippen LogP contribution is -2.54. The molecule has 0 spiro atoms. The lowest BCUT2D eigenvalue weighted by Gasteiger charge is -2.33. The Kier molecular flexibility index (Phi) is 9.94. The maximum Gasteiger partial charge on any atom is 0.244 e. The highest BCUT2D eigenvalue weighted by Gasteiger charge is 2.32. The van der Waals surface area contributed by atoms with Crippen LogP contribution in [0.4, 0.5) is 5.69 Å². The van der Waals surface area contributed by atoms with E-state index < -0.39 is 28.5 Å². The van der Waals surface area contributed by atoms with Crippen molar-refractivity contribution < 1.29 is 18.0 Å². The molecule has 186 valence electrons. The number of carbonyl (C=O) groups is 2. The molecule has 0 fully saturated rings. The molecule has 0 heterocycles. The van der Waals surface area contributed by atoms with Gasteiger partial charge < -0.3 is 10.2 Å². The first-order chi connectivity index (χ1) is 15.9. The van der Waals surface area contributed by atoms with Gasteiger partial charge in [-0.2, -0.15) is 0 Å². The molecular weight excluding hydrogens is 474 g/mol. The number of sulfonamides is 1. The Bertz CT molecular complexity index is 1090. The molecule has 1 atom stereocenters. The molecule has 0 aliphatic heterocycles. The van der Waals surface area contributed by atoms with Crippen molar-refractivity contribution >= 4 is 39.1 Å². The van der Waals surface area contributed by atoms with Crippen LogP contribution in [0.5, 0.6) is 0 Å². The van der Waals surface area contributed by atoms with E-state index in [9.17, 15) is 18.0 Å². The van der Waals surface area contributed by atoms with Gasteiger partial charge in [-0.15, -0.1) is 0 Å². The van der Waals surface area contributed by atoms with Crippen LogP contribution >= 0.6 is 11.6 Å². The fraction of sp³-hybridized carbons (Fsp3) is 0.440.